The third kappa shape index (κ3) is 3.11. The van der Waals surface area contributed by atoms with E-state index in [0.29, 0.717) is 10.7 Å². The molecule has 0 unspecified atom stereocenters. The average molecular weight is 301 g/mol. The topological polar surface area (TPSA) is 27.1 Å². The highest BCUT2D eigenvalue weighted by Gasteiger charge is 2.37. The molecule has 0 atom stereocenters. The van der Waals surface area contributed by atoms with Crippen LogP contribution < -0.4 is 4.90 Å². The first kappa shape index (κ1) is 15.6. The van der Waals surface area contributed by atoms with Gasteiger partial charge in [-0.15, -0.1) is 0 Å². The van der Waals surface area contributed by atoms with Gasteiger partial charge in [0.15, 0.2) is 0 Å². The summed E-state index contributed by atoms with van der Waals surface area (Å²) >= 11 is 6.17. The van der Waals surface area contributed by atoms with Crippen molar-refractivity contribution in [3.63, 3.8) is 0 Å². The Morgan fingerprint density at radius 3 is 2.52 bits per heavy atom. The first-order chi connectivity index (χ1) is 9.84. The van der Waals surface area contributed by atoms with Crippen LogP contribution in [0.4, 0.5) is 5.69 Å². The summed E-state index contributed by atoms with van der Waals surface area (Å²) in [6.07, 6.45) is 7.39. The second-order valence-corrected chi connectivity index (χ2v) is 6.26. The number of rotatable bonds is 3. The second kappa shape index (κ2) is 5.90. The standard InChI is InChI=1S/C18H21ClN2/c1-13(20)9-10-14(19)11-12-17-18(2,3)15-7-5-6-8-16(15)21(17)4/h5-12,20H,1-4H3/b10-9-,14-11-,17-12-,20-13?. The molecule has 1 aliphatic rings. The molecule has 2 rings (SSSR count). The zero-order chi connectivity index (χ0) is 15.6. The van der Waals surface area contributed by atoms with Crippen molar-refractivity contribution in [1.82, 2.24) is 0 Å². The molecule has 0 amide bonds. The van der Waals surface area contributed by atoms with E-state index in [9.17, 15) is 0 Å². The molecular weight excluding hydrogens is 280 g/mol. The van der Waals surface area contributed by atoms with Crippen molar-refractivity contribution >= 4 is 23.0 Å². The molecule has 1 aromatic rings. The van der Waals surface area contributed by atoms with Crippen molar-refractivity contribution in [2.75, 3.05) is 11.9 Å². The van der Waals surface area contributed by atoms with Crippen LogP contribution in [0.15, 0.2) is 59.3 Å². The van der Waals surface area contributed by atoms with E-state index >= 15 is 0 Å². The first-order valence-corrected chi connectivity index (χ1v) is 7.36. The number of anilines is 1. The van der Waals surface area contributed by atoms with Gasteiger partial charge < -0.3 is 10.3 Å². The summed E-state index contributed by atoms with van der Waals surface area (Å²) in [6, 6.07) is 8.46. The third-order valence-corrected chi connectivity index (χ3v) is 4.09. The number of fused-ring (bicyclic) bond motifs is 1. The van der Waals surface area contributed by atoms with Gasteiger partial charge in [-0.1, -0.05) is 43.6 Å². The van der Waals surface area contributed by atoms with Gasteiger partial charge in [0.05, 0.1) is 0 Å². The van der Waals surface area contributed by atoms with E-state index in [1.807, 2.05) is 6.08 Å². The van der Waals surface area contributed by atoms with Gasteiger partial charge in [-0.3, -0.25) is 0 Å². The normalized spacial score (nSPS) is 19.4. The fraction of sp³-hybridized carbons (Fsp3) is 0.278. The minimum Gasteiger partial charge on any atom is -0.347 e. The fourth-order valence-electron chi connectivity index (χ4n) is 2.72. The molecule has 110 valence electrons. The number of likely N-dealkylation sites (N-methyl/N-ethyl adjacent to an activating group) is 1. The van der Waals surface area contributed by atoms with Crippen LogP contribution in [-0.2, 0) is 5.41 Å². The van der Waals surface area contributed by atoms with Crippen molar-refractivity contribution in [1.29, 1.82) is 5.41 Å². The van der Waals surface area contributed by atoms with Gasteiger partial charge in [0.2, 0.25) is 0 Å². The Bertz CT molecular complexity index is 651. The van der Waals surface area contributed by atoms with Crippen molar-refractivity contribution < 1.29 is 0 Å². The Hall–Kier alpha value is -1.80. The summed E-state index contributed by atoms with van der Waals surface area (Å²) in [6.45, 7) is 6.17. The molecule has 1 heterocycles. The van der Waals surface area contributed by atoms with Crippen molar-refractivity contribution in [2.24, 2.45) is 0 Å². The summed E-state index contributed by atoms with van der Waals surface area (Å²) in [7, 11) is 2.08. The lowest BCUT2D eigenvalue weighted by molar-refractivity contribution is 0.640. The molecule has 0 bridgehead atoms. The summed E-state index contributed by atoms with van der Waals surface area (Å²) in [5.41, 5.74) is 4.22. The molecule has 0 fully saturated rings. The molecule has 2 nitrogen and oxygen atoms in total. The van der Waals surface area contributed by atoms with Crippen molar-refractivity contribution in [3.05, 3.63) is 64.9 Å². The van der Waals surface area contributed by atoms with Crippen LogP contribution in [0.5, 0.6) is 0 Å². The SMILES string of the molecule is CC(=N)\C=C/C(Cl)=C/C=C1\N(C)c2ccccc2C1(C)C. The number of benzene rings is 1. The largest absolute Gasteiger partial charge is 0.347 e. The molecule has 0 saturated heterocycles. The van der Waals surface area contributed by atoms with Gasteiger partial charge in [-0.2, -0.15) is 0 Å². The van der Waals surface area contributed by atoms with Gasteiger partial charge in [0.1, 0.15) is 0 Å². The molecule has 0 aliphatic carbocycles. The van der Waals surface area contributed by atoms with E-state index in [4.69, 9.17) is 17.0 Å². The maximum Gasteiger partial charge on any atom is 0.0447 e. The summed E-state index contributed by atoms with van der Waals surface area (Å²) < 4.78 is 0. The number of hydrogen-bond acceptors (Lipinski definition) is 2. The van der Waals surface area contributed by atoms with E-state index in [0.717, 1.165) is 0 Å². The minimum atomic E-state index is -0.0415. The quantitative estimate of drug-likeness (QED) is 0.616. The molecule has 1 aromatic carbocycles. The van der Waals surface area contributed by atoms with E-state index in [2.05, 4.69) is 56.1 Å². The lowest BCUT2D eigenvalue weighted by atomic mass is 9.84. The van der Waals surface area contributed by atoms with Crippen LogP contribution in [0.3, 0.4) is 0 Å². The molecule has 1 aliphatic heterocycles. The molecule has 0 saturated carbocycles. The molecule has 0 aromatic heterocycles. The Morgan fingerprint density at radius 2 is 1.90 bits per heavy atom. The molecule has 3 heteroatoms. The zero-order valence-electron chi connectivity index (χ0n) is 12.9. The maximum atomic E-state index is 7.37. The highest BCUT2D eigenvalue weighted by Crippen LogP contribution is 2.46. The van der Waals surface area contributed by atoms with Crippen LogP contribution in [0.25, 0.3) is 0 Å². The highest BCUT2D eigenvalue weighted by atomic mass is 35.5. The minimum absolute atomic E-state index is 0.0415. The Morgan fingerprint density at radius 1 is 1.24 bits per heavy atom. The molecule has 21 heavy (non-hydrogen) atoms. The summed E-state index contributed by atoms with van der Waals surface area (Å²) in [5.74, 6) is 0. The molecule has 1 N–H and O–H groups in total. The van der Waals surface area contributed by atoms with E-state index in [-0.39, 0.29) is 5.41 Å². The van der Waals surface area contributed by atoms with Crippen LogP contribution in [0.1, 0.15) is 26.3 Å². The smallest absolute Gasteiger partial charge is 0.0447 e. The van der Waals surface area contributed by atoms with Gasteiger partial charge in [0.25, 0.3) is 0 Å². The van der Waals surface area contributed by atoms with Crippen LogP contribution in [0.2, 0.25) is 0 Å². The number of hydrogen-bond donors (Lipinski definition) is 1. The fourth-order valence-corrected chi connectivity index (χ4v) is 2.85. The van der Waals surface area contributed by atoms with Crippen LogP contribution >= 0.6 is 11.6 Å². The summed E-state index contributed by atoms with van der Waals surface area (Å²) in [5, 5.41) is 7.99. The Balaban J connectivity index is 2.36. The maximum absolute atomic E-state index is 7.37. The lowest BCUT2D eigenvalue weighted by Gasteiger charge is -2.23. The average Bonchev–Trinajstić information content (AvgIpc) is 2.63. The number of para-hydroxylation sites is 1. The second-order valence-electron chi connectivity index (χ2n) is 5.82. The van der Waals surface area contributed by atoms with Crippen LogP contribution in [0, 0.1) is 5.41 Å². The van der Waals surface area contributed by atoms with E-state index < -0.39 is 0 Å². The van der Waals surface area contributed by atoms with E-state index in [1.54, 1.807) is 19.1 Å². The predicted molar refractivity (Wildman–Crippen MR) is 92.4 cm³/mol. The lowest BCUT2D eigenvalue weighted by Crippen LogP contribution is -2.22. The Labute approximate surface area is 131 Å². The molecule has 0 spiro atoms. The monoisotopic (exact) mass is 300 g/mol. The van der Waals surface area contributed by atoms with Gasteiger partial charge in [-0.25, -0.2) is 0 Å². The molecular formula is C18H21ClN2. The van der Waals surface area contributed by atoms with Gasteiger partial charge in [-0.05, 0) is 42.9 Å². The van der Waals surface area contributed by atoms with Crippen molar-refractivity contribution in [3.8, 4) is 0 Å². The molecule has 0 radical (unpaired) electrons. The highest BCUT2D eigenvalue weighted by molar-refractivity contribution is 6.31. The number of halogens is 1. The van der Waals surface area contributed by atoms with Gasteiger partial charge in [0, 0.05) is 34.6 Å². The number of allylic oxidation sites excluding steroid dienone is 6. The zero-order valence-corrected chi connectivity index (χ0v) is 13.7. The van der Waals surface area contributed by atoms with Gasteiger partial charge >= 0.3 is 0 Å². The number of nitrogens with one attached hydrogen (secondary N) is 1. The third-order valence-electron chi connectivity index (χ3n) is 3.83. The first-order valence-electron chi connectivity index (χ1n) is 6.98. The summed E-state index contributed by atoms with van der Waals surface area (Å²) in [4.78, 5) is 2.21. The Kier molecular flexibility index (Phi) is 4.38. The number of nitrogens with zero attached hydrogens (tertiary/aromatic N) is 1. The van der Waals surface area contributed by atoms with Crippen LogP contribution in [-0.4, -0.2) is 12.8 Å². The van der Waals surface area contributed by atoms with E-state index in [1.165, 1.54) is 16.9 Å². The predicted octanol–water partition coefficient (Wildman–Crippen LogP) is 5.02. The van der Waals surface area contributed by atoms with Crippen molar-refractivity contribution in [2.45, 2.75) is 26.2 Å².